The molecular formula is C6H6N2S. The molecule has 0 saturated heterocycles. The summed E-state index contributed by atoms with van der Waals surface area (Å²) in [7, 11) is 0. The molecule has 0 spiro atoms. The highest BCUT2D eigenvalue weighted by Crippen LogP contribution is 2.25. The summed E-state index contributed by atoms with van der Waals surface area (Å²) in [6.45, 7) is 10.5. The molecule has 0 N–H and O–H groups in total. The van der Waals surface area contributed by atoms with Gasteiger partial charge in [-0.15, -0.1) is 11.3 Å². The van der Waals surface area contributed by atoms with Crippen LogP contribution in [0.5, 0.6) is 0 Å². The second kappa shape index (κ2) is 2.16. The third-order valence-electron chi connectivity index (χ3n) is 0.981. The maximum Gasteiger partial charge on any atom is 0.263 e. The Morgan fingerprint density at radius 2 is 2.22 bits per heavy atom. The van der Waals surface area contributed by atoms with Crippen molar-refractivity contribution in [2.24, 2.45) is 0 Å². The minimum Gasteiger partial charge on any atom is -0.260 e. The number of aromatic nitrogens is 1. The normalized spacial score (nSPS) is 9.00. The molecule has 9 heavy (non-hydrogen) atoms. The van der Waals surface area contributed by atoms with Crippen LogP contribution in [0.1, 0.15) is 10.7 Å². The van der Waals surface area contributed by atoms with Crippen molar-refractivity contribution >= 4 is 16.3 Å². The third kappa shape index (κ3) is 1.08. The average molecular weight is 138 g/mol. The summed E-state index contributed by atoms with van der Waals surface area (Å²) in [4.78, 5) is 7.38. The molecule has 1 aromatic heterocycles. The highest BCUT2D eigenvalue weighted by atomic mass is 32.1. The Bertz CT molecular complexity index is 257. The molecule has 0 fully saturated rings. The largest absolute Gasteiger partial charge is 0.263 e. The second-order valence-corrected chi connectivity index (χ2v) is 2.92. The van der Waals surface area contributed by atoms with Crippen LogP contribution < -0.4 is 0 Å². The van der Waals surface area contributed by atoms with Crippen molar-refractivity contribution in [1.82, 2.24) is 4.98 Å². The predicted octanol–water partition coefficient (Wildman–Crippen LogP) is 2.31. The van der Waals surface area contributed by atoms with Crippen LogP contribution in [0, 0.1) is 20.4 Å². The van der Waals surface area contributed by atoms with Crippen molar-refractivity contribution in [2.75, 3.05) is 0 Å². The highest BCUT2D eigenvalue weighted by molar-refractivity contribution is 7.15. The first-order valence-electron chi connectivity index (χ1n) is 2.55. The van der Waals surface area contributed by atoms with Gasteiger partial charge in [0, 0.05) is 0 Å². The van der Waals surface area contributed by atoms with Crippen molar-refractivity contribution in [3.63, 3.8) is 0 Å². The summed E-state index contributed by atoms with van der Waals surface area (Å²) >= 11 is 1.45. The molecule has 0 aromatic carbocycles. The van der Waals surface area contributed by atoms with Crippen LogP contribution in [0.15, 0.2) is 0 Å². The van der Waals surface area contributed by atoms with E-state index in [0.29, 0.717) is 5.00 Å². The van der Waals surface area contributed by atoms with E-state index in [1.165, 1.54) is 11.3 Å². The summed E-state index contributed by atoms with van der Waals surface area (Å²) in [5, 5.41) is 1.69. The molecule has 0 aliphatic carbocycles. The molecule has 1 rings (SSSR count). The number of thiazole rings is 1. The summed E-state index contributed by atoms with van der Waals surface area (Å²) in [6.07, 6.45) is 0. The van der Waals surface area contributed by atoms with Crippen molar-refractivity contribution < 1.29 is 0 Å². The maximum absolute atomic E-state index is 6.69. The lowest BCUT2D eigenvalue weighted by molar-refractivity contribution is 1.21. The van der Waals surface area contributed by atoms with Crippen LogP contribution in [-0.4, -0.2) is 4.98 Å². The van der Waals surface area contributed by atoms with Crippen molar-refractivity contribution in [3.05, 3.63) is 22.1 Å². The number of hydrogen-bond donors (Lipinski definition) is 0. The standard InChI is InChI=1S/C6H6N2S/c1-4-6(7-3)9-5(2)8-4/h1-2H3. The fourth-order valence-electron chi connectivity index (χ4n) is 0.624. The third-order valence-corrected chi connectivity index (χ3v) is 1.95. The summed E-state index contributed by atoms with van der Waals surface area (Å²) in [5.74, 6) is 0. The lowest BCUT2D eigenvalue weighted by atomic mass is 10.5. The van der Waals surface area contributed by atoms with E-state index in [4.69, 9.17) is 6.57 Å². The van der Waals surface area contributed by atoms with Crippen molar-refractivity contribution in [2.45, 2.75) is 13.8 Å². The fraction of sp³-hybridized carbons (Fsp3) is 0.333. The summed E-state index contributed by atoms with van der Waals surface area (Å²) < 4.78 is 0. The first-order chi connectivity index (χ1) is 4.24. The zero-order valence-corrected chi connectivity index (χ0v) is 6.12. The van der Waals surface area contributed by atoms with Gasteiger partial charge in [-0.3, -0.25) is 4.98 Å². The van der Waals surface area contributed by atoms with Crippen LogP contribution >= 0.6 is 11.3 Å². The average Bonchev–Trinajstić information content (AvgIpc) is 2.10. The molecule has 0 aliphatic rings. The van der Waals surface area contributed by atoms with Gasteiger partial charge in [0.15, 0.2) is 0 Å². The Hall–Kier alpha value is -0.880. The highest BCUT2D eigenvalue weighted by Gasteiger charge is 2.01. The zero-order valence-electron chi connectivity index (χ0n) is 5.30. The van der Waals surface area contributed by atoms with Gasteiger partial charge in [0.25, 0.3) is 5.00 Å². The smallest absolute Gasteiger partial charge is 0.260 e. The van der Waals surface area contributed by atoms with Crippen LogP contribution in [0.25, 0.3) is 4.85 Å². The van der Waals surface area contributed by atoms with E-state index in [1.807, 2.05) is 13.8 Å². The second-order valence-electron chi connectivity index (χ2n) is 1.74. The zero-order chi connectivity index (χ0) is 6.85. The van der Waals surface area contributed by atoms with Gasteiger partial charge in [-0.25, -0.2) is 4.85 Å². The molecular weight excluding hydrogens is 132 g/mol. The van der Waals surface area contributed by atoms with Gasteiger partial charge < -0.3 is 0 Å². The van der Waals surface area contributed by atoms with Gasteiger partial charge >= 0.3 is 0 Å². The van der Waals surface area contributed by atoms with E-state index in [0.717, 1.165) is 10.7 Å². The summed E-state index contributed by atoms with van der Waals surface area (Å²) in [6, 6.07) is 0. The first kappa shape index (κ1) is 6.24. The molecule has 0 aliphatic heterocycles. The topological polar surface area (TPSA) is 17.2 Å². The Kier molecular flexibility index (Phi) is 1.50. The molecule has 1 heterocycles. The van der Waals surface area contributed by atoms with Crippen LogP contribution in [0.3, 0.4) is 0 Å². The molecule has 0 atom stereocenters. The van der Waals surface area contributed by atoms with Gasteiger partial charge in [0.1, 0.15) is 0 Å². The first-order valence-corrected chi connectivity index (χ1v) is 3.37. The molecule has 46 valence electrons. The lowest BCUT2D eigenvalue weighted by Crippen LogP contribution is -1.68. The monoisotopic (exact) mass is 138 g/mol. The van der Waals surface area contributed by atoms with E-state index in [9.17, 15) is 0 Å². The Labute approximate surface area is 58.0 Å². The molecule has 0 amide bonds. The van der Waals surface area contributed by atoms with Crippen molar-refractivity contribution in [1.29, 1.82) is 0 Å². The molecule has 3 heteroatoms. The molecule has 2 nitrogen and oxygen atoms in total. The van der Waals surface area contributed by atoms with E-state index in [2.05, 4.69) is 9.83 Å². The van der Waals surface area contributed by atoms with Crippen molar-refractivity contribution in [3.8, 4) is 0 Å². The molecule has 0 unspecified atom stereocenters. The van der Waals surface area contributed by atoms with E-state index >= 15 is 0 Å². The number of rotatable bonds is 0. The van der Waals surface area contributed by atoms with E-state index in [1.54, 1.807) is 0 Å². The maximum atomic E-state index is 6.69. The molecule has 0 radical (unpaired) electrons. The van der Waals surface area contributed by atoms with Gasteiger partial charge in [-0.2, -0.15) is 0 Å². The Balaban J connectivity index is 3.20. The van der Waals surface area contributed by atoms with Gasteiger partial charge in [0.05, 0.1) is 17.3 Å². The van der Waals surface area contributed by atoms with E-state index in [-0.39, 0.29) is 0 Å². The minimum absolute atomic E-state index is 0.715. The Morgan fingerprint density at radius 3 is 2.44 bits per heavy atom. The van der Waals surface area contributed by atoms with E-state index < -0.39 is 0 Å². The Morgan fingerprint density at radius 1 is 1.56 bits per heavy atom. The SMILES string of the molecule is [C-]#[N+]c1sc(C)nc1C. The van der Waals surface area contributed by atoms with Crippen LogP contribution in [0.2, 0.25) is 0 Å². The predicted molar refractivity (Wildman–Crippen MR) is 37.9 cm³/mol. The molecule has 1 aromatic rings. The van der Waals surface area contributed by atoms with Gasteiger partial charge in [0.2, 0.25) is 0 Å². The number of nitrogens with zero attached hydrogens (tertiary/aromatic N) is 2. The van der Waals surface area contributed by atoms with Gasteiger partial charge in [-0.1, -0.05) is 0 Å². The molecule has 0 saturated carbocycles. The quantitative estimate of drug-likeness (QED) is 0.503. The summed E-state index contributed by atoms with van der Waals surface area (Å²) in [5.41, 5.74) is 0.854. The van der Waals surface area contributed by atoms with Gasteiger partial charge in [-0.05, 0) is 13.8 Å². The van der Waals surface area contributed by atoms with Crippen LogP contribution in [0.4, 0.5) is 5.00 Å². The minimum atomic E-state index is 0.715. The number of hydrogen-bond acceptors (Lipinski definition) is 2. The molecule has 0 bridgehead atoms. The number of aryl methyl sites for hydroxylation is 2. The van der Waals surface area contributed by atoms with Crippen LogP contribution in [-0.2, 0) is 0 Å². The lowest BCUT2D eigenvalue weighted by Gasteiger charge is -1.75. The fourth-order valence-corrected chi connectivity index (χ4v) is 1.33.